The number of halogens is 1. The van der Waals surface area contributed by atoms with Crippen molar-refractivity contribution in [3.05, 3.63) is 39.9 Å². The summed E-state index contributed by atoms with van der Waals surface area (Å²) in [6.45, 7) is 0.963. The highest BCUT2D eigenvalue weighted by atomic mass is 35.5. The van der Waals surface area contributed by atoms with Crippen LogP contribution in [0.25, 0.3) is 0 Å². The number of aromatic nitrogens is 2. The molecule has 1 aliphatic heterocycles. The Bertz CT molecular complexity index is 673. The summed E-state index contributed by atoms with van der Waals surface area (Å²) >= 11 is 9.26. The molecule has 2 aromatic rings. The maximum absolute atomic E-state index is 12.1. The zero-order valence-electron chi connectivity index (χ0n) is 12.4. The second-order valence-corrected chi connectivity index (χ2v) is 7.93. The largest absolute Gasteiger partial charge is 0.312 e. The summed E-state index contributed by atoms with van der Waals surface area (Å²) in [5, 5.41) is 16.5. The molecule has 1 amide bonds. The van der Waals surface area contributed by atoms with Crippen LogP contribution in [0.3, 0.4) is 0 Å². The Morgan fingerprint density at radius 2 is 2.35 bits per heavy atom. The fraction of sp³-hybridized carbons (Fsp3) is 0.400. The van der Waals surface area contributed by atoms with Crippen molar-refractivity contribution in [1.82, 2.24) is 15.5 Å². The highest BCUT2D eigenvalue weighted by molar-refractivity contribution is 7.99. The molecule has 1 saturated heterocycles. The number of nitrogens with one attached hydrogen (secondary N) is 2. The summed E-state index contributed by atoms with van der Waals surface area (Å²) in [7, 11) is 0. The molecule has 1 aliphatic rings. The van der Waals surface area contributed by atoms with Gasteiger partial charge in [-0.05, 0) is 17.7 Å². The van der Waals surface area contributed by atoms with E-state index in [0.717, 1.165) is 28.6 Å². The fourth-order valence-electron chi connectivity index (χ4n) is 2.34. The summed E-state index contributed by atoms with van der Waals surface area (Å²) in [6, 6.07) is 7.91. The van der Waals surface area contributed by atoms with E-state index >= 15 is 0 Å². The Hall–Kier alpha value is -1.15. The zero-order chi connectivity index (χ0) is 16.1. The molecular formula is C15H17ClN4OS2. The van der Waals surface area contributed by atoms with Crippen molar-refractivity contribution >= 4 is 45.7 Å². The maximum atomic E-state index is 12.1. The van der Waals surface area contributed by atoms with Gasteiger partial charge in [-0.2, -0.15) is 11.8 Å². The lowest BCUT2D eigenvalue weighted by atomic mass is 10.2. The van der Waals surface area contributed by atoms with Gasteiger partial charge in [-0.15, -0.1) is 10.2 Å². The Morgan fingerprint density at radius 1 is 1.43 bits per heavy atom. The van der Waals surface area contributed by atoms with Gasteiger partial charge in [0, 0.05) is 42.0 Å². The number of nitrogens with zero attached hydrogens (tertiary/aromatic N) is 2. The number of amides is 1. The van der Waals surface area contributed by atoms with Gasteiger partial charge in [0.25, 0.3) is 0 Å². The molecule has 122 valence electrons. The average molecular weight is 369 g/mol. The second kappa shape index (κ2) is 8.10. The van der Waals surface area contributed by atoms with Crippen molar-refractivity contribution in [2.45, 2.75) is 18.9 Å². The van der Waals surface area contributed by atoms with Gasteiger partial charge >= 0.3 is 0 Å². The third-order valence-corrected chi connectivity index (χ3v) is 5.59. The first-order valence-corrected chi connectivity index (χ1v) is 9.72. The number of rotatable bonds is 5. The van der Waals surface area contributed by atoms with Crippen LogP contribution in [0.2, 0.25) is 5.02 Å². The van der Waals surface area contributed by atoms with Gasteiger partial charge in [0.1, 0.15) is 5.01 Å². The van der Waals surface area contributed by atoms with Gasteiger partial charge in [0.15, 0.2) is 0 Å². The van der Waals surface area contributed by atoms with Crippen molar-refractivity contribution < 1.29 is 4.79 Å². The number of carbonyl (C=O) groups is 1. The van der Waals surface area contributed by atoms with E-state index in [0.29, 0.717) is 23.0 Å². The minimum atomic E-state index is -0.0181. The molecule has 1 aromatic carbocycles. The smallest absolute Gasteiger partial charge is 0.227 e. The van der Waals surface area contributed by atoms with E-state index in [1.54, 1.807) is 0 Å². The Balaban J connectivity index is 1.53. The van der Waals surface area contributed by atoms with Crippen LogP contribution in [-0.4, -0.2) is 40.2 Å². The minimum absolute atomic E-state index is 0.0181. The van der Waals surface area contributed by atoms with E-state index < -0.39 is 0 Å². The number of hydrogen-bond donors (Lipinski definition) is 2. The molecule has 1 atom stereocenters. The van der Waals surface area contributed by atoms with Gasteiger partial charge in [-0.1, -0.05) is 35.1 Å². The molecule has 1 aromatic heterocycles. The quantitative estimate of drug-likeness (QED) is 0.849. The van der Waals surface area contributed by atoms with Crippen LogP contribution in [0.4, 0.5) is 5.13 Å². The molecule has 0 aliphatic carbocycles. The average Bonchev–Trinajstić information content (AvgIpc) is 2.95. The SMILES string of the molecule is O=C(CC1CSCCN1)Nc1nnc(Cc2cccc(Cl)c2)s1. The third kappa shape index (κ3) is 5.17. The highest BCUT2D eigenvalue weighted by Crippen LogP contribution is 2.20. The lowest BCUT2D eigenvalue weighted by Gasteiger charge is -2.22. The lowest BCUT2D eigenvalue weighted by molar-refractivity contribution is -0.116. The van der Waals surface area contributed by atoms with Gasteiger partial charge in [0.05, 0.1) is 0 Å². The molecule has 23 heavy (non-hydrogen) atoms. The van der Waals surface area contributed by atoms with Crippen LogP contribution >= 0.6 is 34.7 Å². The molecule has 0 radical (unpaired) electrons. The molecule has 0 saturated carbocycles. The summed E-state index contributed by atoms with van der Waals surface area (Å²) in [5.74, 6) is 2.07. The van der Waals surface area contributed by atoms with Crippen LogP contribution in [0.1, 0.15) is 17.0 Å². The van der Waals surface area contributed by atoms with Gasteiger partial charge in [0.2, 0.25) is 11.0 Å². The van der Waals surface area contributed by atoms with E-state index in [1.165, 1.54) is 11.3 Å². The molecule has 8 heteroatoms. The van der Waals surface area contributed by atoms with E-state index in [9.17, 15) is 4.79 Å². The predicted octanol–water partition coefficient (Wildman–Crippen LogP) is 2.82. The number of anilines is 1. The summed E-state index contributed by atoms with van der Waals surface area (Å²) < 4.78 is 0. The van der Waals surface area contributed by atoms with E-state index in [-0.39, 0.29) is 11.9 Å². The van der Waals surface area contributed by atoms with Crippen molar-refractivity contribution in [2.75, 3.05) is 23.4 Å². The second-order valence-electron chi connectivity index (χ2n) is 5.29. The molecule has 0 bridgehead atoms. The molecular weight excluding hydrogens is 352 g/mol. The molecule has 0 spiro atoms. The van der Waals surface area contributed by atoms with Crippen LogP contribution in [0.15, 0.2) is 24.3 Å². The fourth-order valence-corrected chi connectivity index (χ4v) is 4.29. The Morgan fingerprint density at radius 3 is 3.13 bits per heavy atom. The van der Waals surface area contributed by atoms with Crippen molar-refractivity contribution in [3.8, 4) is 0 Å². The standard InChI is InChI=1S/C15H17ClN4OS2/c16-11-3-1-2-10(6-11)7-14-19-20-15(23-14)18-13(21)8-12-9-22-5-4-17-12/h1-3,6,12,17H,4-5,7-9H2,(H,18,20,21). The topological polar surface area (TPSA) is 66.9 Å². The van der Waals surface area contributed by atoms with Gasteiger partial charge in [-0.25, -0.2) is 0 Å². The van der Waals surface area contributed by atoms with Crippen molar-refractivity contribution in [2.24, 2.45) is 0 Å². The molecule has 2 heterocycles. The molecule has 1 unspecified atom stereocenters. The Kier molecular flexibility index (Phi) is 5.88. The van der Waals surface area contributed by atoms with Gasteiger partial charge < -0.3 is 10.6 Å². The van der Waals surface area contributed by atoms with E-state index in [2.05, 4.69) is 20.8 Å². The minimum Gasteiger partial charge on any atom is -0.312 e. The number of hydrogen-bond acceptors (Lipinski definition) is 6. The molecule has 1 fully saturated rings. The highest BCUT2D eigenvalue weighted by Gasteiger charge is 2.17. The molecule has 5 nitrogen and oxygen atoms in total. The first-order valence-electron chi connectivity index (χ1n) is 7.37. The maximum Gasteiger partial charge on any atom is 0.227 e. The molecule has 3 rings (SSSR count). The van der Waals surface area contributed by atoms with E-state index in [1.807, 2.05) is 36.0 Å². The predicted molar refractivity (Wildman–Crippen MR) is 96.5 cm³/mol. The normalized spacial score (nSPS) is 17.9. The lowest BCUT2D eigenvalue weighted by Crippen LogP contribution is -2.39. The number of carbonyl (C=O) groups excluding carboxylic acids is 1. The van der Waals surface area contributed by atoms with Crippen LogP contribution in [-0.2, 0) is 11.2 Å². The zero-order valence-corrected chi connectivity index (χ0v) is 14.8. The third-order valence-electron chi connectivity index (χ3n) is 3.39. The van der Waals surface area contributed by atoms with E-state index in [4.69, 9.17) is 11.6 Å². The van der Waals surface area contributed by atoms with Crippen LogP contribution in [0, 0.1) is 0 Å². The first kappa shape index (κ1) is 16.7. The van der Waals surface area contributed by atoms with Crippen LogP contribution < -0.4 is 10.6 Å². The summed E-state index contributed by atoms with van der Waals surface area (Å²) in [4.78, 5) is 12.1. The monoisotopic (exact) mass is 368 g/mol. The first-order chi connectivity index (χ1) is 11.2. The number of thioether (sulfide) groups is 1. The van der Waals surface area contributed by atoms with Crippen molar-refractivity contribution in [1.29, 1.82) is 0 Å². The number of benzene rings is 1. The molecule has 2 N–H and O–H groups in total. The van der Waals surface area contributed by atoms with Gasteiger partial charge in [-0.3, -0.25) is 4.79 Å². The van der Waals surface area contributed by atoms with Crippen LogP contribution in [0.5, 0.6) is 0 Å². The summed E-state index contributed by atoms with van der Waals surface area (Å²) in [6.07, 6.45) is 1.13. The Labute approximate surface area is 148 Å². The van der Waals surface area contributed by atoms with Crippen molar-refractivity contribution in [3.63, 3.8) is 0 Å². The summed E-state index contributed by atoms with van der Waals surface area (Å²) in [5.41, 5.74) is 1.08.